The number of methoxy groups -OCH3 is 1. The van der Waals surface area contributed by atoms with Crippen LogP contribution < -0.4 is 4.74 Å². The van der Waals surface area contributed by atoms with Gasteiger partial charge in [-0.25, -0.2) is 9.78 Å². The molecule has 1 aromatic heterocycles. The molecule has 0 bridgehead atoms. The number of piperidine rings is 1. The van der Waals surface area contributed by atoms with Crippen molar-refractivity contribution in [2.24, 2.45) is 9.81 Å². The summed E-state index contributed by atoms with van der Waals surface area (Å²) in [4.78, 5) is 17.3. The third-order valence-corrected chi connectivity index (χ3v) is 6.50. The minimum absolute atomic E-state index is 0.311. The standard InChI is InChI=1S/C18H25N3O4S/c1-17(2,3)26(24)20-15-14-12(5-6-13(19-14)25-4)11-18(15)7-9-21(10-8-18)16(22)23/h5-6H,7-11H2,1-4H3,(H,22,23). The Balaban J connectivity index is 2.02. The highest BCUT2D eigenvalue weighted by Gasteiger charge is 2.49. The molecule has 3 rings (SSSR count). The molecule has 1 N–H and O–H groups in total. The Morgan fingerprint density at radius 3 is 2.58 bits per heavy atom. The zero-order valence-corrected chi connectivity index (χ0v) is 16.4. The number of aromatic nitrogens is 1. The highest BCUT2D eigenvalue weighted by Crippen LogP contribution is 2.45. The lowest BCUT2D eigenvalue weighted by Crippen LogP contribution is -2.46. The van der Waals surface area contributed by atoms with Crippen LogP contribution in [0.1, 0.15) is 44.9 Å². The number of rotatable bonds is 2. The fraction of sp³-hybridized carbons (Fsp3) is 0.611. The van der Waals surface area contributed by atoms with Gasteiger partial charge in [-0.1, -0.05) is 10.5 Å². The number of likely N-dealkylation sites (tertiary alicyclic amines) is 1. The number of hydrogen-bond acceptors (Lipinski definition) is 5. The quantitative estimate of drug-likeness (QED) is 0.797. The monoisotopic (exact) mass is 379 g/mol. The summed E-state index contributed by atoms with van der Waals surface area (Å²) in [7, 11) is 1.56. The summed E-state index contributed by atoms with van der Waals surface area (Å²) in [6, 6.07) is 3.80. The van der Waals surface area contributed by atoms with E-state index in [1.807, 2.05) is 32.9 Å². The van der Waals surface area contributed by atoms with Gasteiger partial charge in [0, 0.05) is 24.6 Å². The van der Waals surface area contributed by atoms with Gasteiger partial charge in [-0.3, -0.25) is 0 Å². The van der Waals surface area contributed by atoms with E-state index in [1.54, 1.807) is 7.11 Å². The van der Waals surface area contributed by atoms with E-state index in [1.165, 1.54) is 4.90 Å². The number of carbonyl (C=O) groups is 1. The van der Waals surface area contributed by atoms with Crippen LogP contribution in [0.15, 0.2) is 16.5 Å². The lowest BCUT2D eigenvalue weighted by atomic mass is 9.75. The van der Waals surface area contributed by atoms with E-state index in [4.69, 9.17) is 4.74 Å². The fourth-order valence-electron chi connectivity index (χ4n) is 3.53. The summed E-state index contributed by atoms with van der Waals surface area (Å²) in [5, 5.41) is 9.25. The van der Waals surface area contributed by atoms with Crippen LogP contribution in [0.5, 0.6) is 5.88 Å². The molecule has 1 atom stereocenters. The van der Waals surface area contributed by atoms with Gasteiger partial charge in [0.2, 0.25) is 5.88 Å². The van der Waals surface area contributed by atoms with E-state index >= 15 is 0 Å². The van der Waals surface area contributed by atoms with Crippen LogP contribution in [0.3, 0.4) is 0 Å². The summed E-state index contributed by atoms with van der Waals surface area (Å²) in [6.07, 6.45) is 1.15. The minimum Gasteiger partial charge on any atom is -0.591 e. The van der Waals surface area contributed by atoms with Gasteiger partial charge in [0.15, 0.2) is 0 Å². The maximum Gasteiger partial charge on any atom is 0.407 e. The Morgan fingerprint density at radius 1 is 1.38 bits per heavy atom. The second kappa shape index (κ2) is 6.74. The zero-order chi connectivity index (χ0) is 19.1. The fourth-order valence-corrected chi connectivity index (χ4v) is 4.25. The van der Waals surface area contributed by atoms with Gasteiger partial charge in [0.25, 0.3) is 0 Å². The number of hydrogen-bond donors (Lipinski definition) is 1. The SMILES string of the molecule is COc1ccc2c(n1)C(=N[S+]([O-])C(C)(C)C)C1(CCN(C(=O)O)CC1)C2. The lowest BCUT2D eigenvalue weighted by Gasteiger charge is -2.38. The van der Waals surface area contributed by atoms with Crippen molar-refractivity contribution in [3.05, 3.63) is 23.4 Å². The molecule has 2 heterocycles. The molecule has 1 aliphatic heterocycles. The van der Waals surface area contributed by atoms with Crippen molar-refractivity contribution >= 4 is 23.2 Å². The molecule has 26 heavy (non-hydrogen) atoms. The summed E-state index contributed by atoms with van der Waals surface area (Å²) < 4.78 is 22.1. The van der Waals surface area contributed by atoms with Crippen molar-refractivity contribution in [1.29, 1.82) is 0 Å². The molecule has 1 saturated heterocycles. The Morgan fingerprint density at radius 2 is 2.04 bits per heavy atom. The predicted molar refractivity (Wildman–Crippen MR) is 100 cm³/mol. The average Bonchev–Trinajstić information content (AvgIpc) is 2.87. The van der Waals surface area contributed by atoms with E-state index in [-0.39, 0.29) is 5.41 Å². The maximum atomic E-state index is 12.7. The molecule has 1 aromatic rings. The summed E-state index contributed by atoms with van der Waals surface area (Å²) >= 11 is -1.41. The van der Waals surface area contributed by atoms with Crippen molar-refractivity contribution in [3.63, 3.8) is 0 Å². The first-order valence-corrected chi connectivity index (χ1v) is 9.80. The molecular formula is C18H25N3O4S. The molecule has 1 unspecified atom stereocenters. The van der Waals surface area contributed by atoms with E-state index < -0.39 is 22.2 Å². The maximum absolute atomic E-state index is 12.7. The Hall–Kier alpha value is -1.80. The molecule has 0 radical (unpaired) electrons. The summed E-state index contributed by atoms with van der Waals surface area (Å²) in [5.41, 5.74) is 2.23. The van der Waals surface area contributed by atoms with Gasteiger partial charge in [0.05, 0.1) is 12.8 Å². The van der Waals surface area contributed by atoms with Crippen molar-refractivity contribution < 1.29 is 19.2 Å². The number of pyridine rings is 1. The third kappa shape index (κ3) is 3.40. The smallest absolute Gasteiger partial charge is 0.407 e. The van der Waals surface area contributed by atoms with E-state index in [0.29, 0.717) is 31.8 Å². The van der Waals surface area contributed by atoms with Crippen molar-refractivity contribution in [1.82, 2.24) is 9.88 Å². The van der Waals surface area contributed by atoms with Gasteiger partial charge in [-0.2, -0.15) is 0 Å². The molecule has 2 aliphatic rings. The summed E-state index contributed by atoms with van der Waals surface area (Å²) in [5.74, 6) is 0.498. The Kier molecular flexibility index (Phi) is 4.92. The first kappa shape index (κ1) is 19.0. The lowest BCUT2D eigenvalue weighted by molar-refractivity contribution is 0.115. The highest BCUT2D eigenvalue weighted by molar-refractivity contribution is 7.91. The largest absolute Gasteiger partial charge is 0.591 e. The van der Waals surface area contributed by atoms with Gasteiger partial charge >= 0.3 is 6.09 Å². The second-order valence-electron chi connectivity index (χ2n) is 7.89. The van der Waals surface area contributed by atoms with E-state index in [0.717, 1.165) is 23.4 Å². The van der Waals surface area contributed by atoms with Crippen LogP contribution in [0.4, 0.5) is 4.79 Å². The van der Waals surface area contributed by atoms with Crippen LogP contribution in [-0.2, 0) is 17.8 Å². The normalized spacial score (nSPS) is 21.7. The first-order chi connectivity index (χ1) is 12.2. The number of ether oxygens (including phenoxy) is 1. The molecule has 8 heteroatoms. The topological polar surface area (TPSA) is 98.1 Å². The molecular weight excluding hydrogens is 354 g/mol. The van der Waals surface area contributed by atoms with Crippen molar-refractivity contribution in [2.45, 2.75) is 44.8 Å². The van der Waals surface area contributed by atoms with Gasteiger partial charge in [-0.05, 0) is 45.6 Å². The van der Waals surface area contributed by atoms with Crippen LogP contribution >= 0.6 is 0 Å². The highest BCUT2D eigenvalue weighted by atomic mass is 32.2. The minimum atomic E-state index is -1.41. The third-order valence-electron chi connectivity index (χ3n) is 5.11. The molecule has 0 aromatic carbocycles. The number of nitrogens with zero attached hydrogens (tertiary/aromatic N) is 3. The summed E-state index contributed by atoms with van der Waals surface area (Å²) in [6.45, 7) is 6.56. The van der Waals surface area contributed by atoms with Crippen LogP contribution in [0.2, 0.25) is 0 Å². The molecule has 1 amide bonds. The van der Waals surface area contributed by atoms with Crippen LogP contribution in [0.25, 0.3) is 0 Å². The van der Waals surface area contributed by atoms with Crippen LogP contribution in [-0.4, -0.2) is 56.3 Å². The second-order valence-corrected chi connectivity index (χ2v) is 9.80. The van der Waals surface area contributed by atoms with Crippen molar-refractivity contribution in [2.75, 3.05) is 20.2 Å². The van der Waals surface area contributed by atoms with Crippen molar-refractivity contribution in [3.8, 4) is 5.88 Å². The predicted octanol–water partition coefficient (Wildman–Crippen LogP) is 2.66. The number of amides is 1. The van der Waals surface area contributed by atoms with Gasteiger partial charge in [0.1, 0.15) is 21.8 Å². The Labute approximate surface area is 156 Å². The average molecular weight is 379 g/mol. The molecule has 1 aliphatic carbocycles. The molecule has 7 nitrogen and oxygen atoms in total. The zero-order valence-electron chi connectivity index (χ0n) is 15.6. The number of carboxylic acid groups (broad SMARTS) is 1. The van der Waals surface area contributed by atoms with Crippen LogP contribution in [0, 0.1) is 5.41 Å². The molecule has 1 fully saturated rings. The Bertz CT molecular complexity index is 736. The van der Waals surface area contributed by atoms with E-state index in [9.17, 15) is 14.5 Å². The first-order valence-electron chi connectivity index (χ1n) is 8.70. The van der Waals surface area contributed by atoms with E-state index in [2.05, 4.69) is 9.38 Å². The van der Waals surface area contributed by atoms with Gasteiger partial charge < -0.3 is 19.3 Å². The molecule has 142 valence electrons. The van der Waals surface area contributed by atoms with Gasteiger partial charge in [-0.15, -0.1) is 0 Å². The number of fused-ring (bicyclic) bond motifs is 1. The molecule has 0 saturated carbocycles. The molecule has 1 spiro atoms.